The molecule has 3 nitrogen and oxygen atoms in total. The van der Waals surface area contributed by atoms with Crippen molar-refractivity contribution in [3.8, 4) is 11.5 Å². The molecule has 12 heavy (non-hydrogen) atoms. The van der Waals surface area contributed by atoms with Crippen LogP contribution in [-0.2, 0) is 17.3 Å². The molecule has 1 aromatic rings. The molecule has 0 radical (unpaired) electrons. The van der Waals surface area contributed by atoms with E-state index in [-0.39, 0.29) is 0 Å². The Bertz CT molecular complexity index is 199. The van der Waals surface area contributed by atoms with Crippen LogP contribution in [0.4, 0.5) is 0 Å². The first-order valence-corrected chi connectivity index (χ1v) is 6.98. The molecule has 0 N–H and O–H groups in total. The van der Waals surface area contributed by atoms with Gasteiger partial charge in [0.25, 0.3) is 0 Å². The minimum atomic E-state index is 0.581. The molecule has 62 valence electrons. The summed E-state index contributed by atoms with van der Waals surface area (Å²) in [5.41, 5.74) is 0. The molecule has 0 bridgehead atoms. The number of rotatable bonds is 2. The van der Waals surface area contributed by atoms with Crippen molar-refractivity contribution in [2.24, 2.45) is 0 Å². The van der Waals surface area contributed by atoms with Gasteiger partial charge in [-0.3, -0.25) is 0 Å². The van der Waals surface area contributed by atoms with Crippen molar-refractivity contribution in [3.63, 3.8) is 0 Å². The summed E-state index contributed by atoms with van der Waals surface area (Å²) >= 11 is 0.847. The van der Waals surface area contributed by atoms with Crippen molar-refractivity contribution in [1.29, 1.82) is 0 Å². The third kappa shape index (κ3) is 3.37. The summed E-state index contributed by atoms with van der Waals surface area (Å²) < 4.78 is 9.83. The molecule has 1 rings (SSSR count). The van der Waals surface area contributed by atoms with E-state index in [0.29, 0.717) is 11.5 Å². The Morgan fingerprint density at radius 2 is 2.08 bits per heavy atom. The molecule has 0 aliphatic carbocycles. The molecule has 5 heteroatoms. The fourth-order valence-electron chi connectivity index (χ4n) is 0.636. The Kier molecular flexibility index (Phi) is 7.11. The summed E-state index contributed by atoms with van der Waals surface area (Å²) in [5, 5.41) is 0. The van der Waals surface area contributed by atoms with Crippen LogP contribution in [0.3, 0.4) is 0 Å². The average molecular weight is 239 g/mol. The van der Waals surface area contributed by atoms with Crippen LogP contribution in [0.25, 0.3) is 0 Å². The van der Waals surface area contributed by atoms with E-state index in [1.165, 1.54) is 6.20 Å². The van der Waals surface area contributed by atoms with Crippen LogP contribution in [0.5, 0.6) is 11.5 Å². The molecule has 0 spiro atoms. The van der Waals surface area contributed by atoms with Gasteiger partial charge in [0.2, 0.25) is 0 Å². The van der Waals surface area contributed by atoms with Gasteiger partial charge in [0, 0.05) is 5.75 Å². The number of methoxy groups -OCH3 is 2. The van der Waals surface area contributed by atoms with Crippen molar-refractivity contribution in [2.75, 3.05) is 14.2 Å². The first-order chi connectivity index (χ1) is 5.88. The molecule has 0 aromatic carbocycles. The van der Waals surface area contributed by atoms with E-state index >= 15 is 0 Å². The number of nitrogens with zero attached hydrogens (tertiary/aromatic N) is 1. The van der Waals surface area contributed by atoms with E-state index in [4.69, 9.17) is 19.2 Å². The van der Waals surface area contributed by atoms with Crippen molar-refractivity contribution in [1.82, 2.24) is 4.98 Å². The molecule has 1 aromatic heterocycles. The molecular formula is C7H8ClNO2Zn. The van der Waals surface area contributed by atoms with Gasteiger partial charge in [-0.05, 0) is 11.9 Å². The van der Waals surface area contributed by atoms with E-state index in [0.717, 1.165) is 17.3 Å². The second kappa shape index (κ2) is 7.32. The van der Waals surface area contributed by atoms with E-state index < -0.39 is 0 Å². The van der Waals surface area contributed by atoms with Crippen LogP contribution in [0.2, 0.25) is 0 Å². The average Bonchev–Trinajstić information content (AvgIpc) is 2.20. The van der Waals surface area contributed by atoms with Crippen LogP contribution in [0, 0.1) is 6.07 Å². The van der Waals surface area contributed by atoms with Gasteiger partial charge in [-0.1, -0.05) is 6.20 Å². The van der Waals surface area contributed by atoms with Crippen LogP contribution in [-0.4, -0.2) is 19.2 Å². The Morgan fingerprint density at radius 1 is 1.42 bits per heavy atom. The van der Waals surface area contributed by atoms with Gasteiger partial charge < -0.3 is 14.5 Å². The normalized spacial score (nSPS) is 8.08. The zero-order chi connectivity index (χ0) is 9.40. The van der Waals surface area contributed by atoms with Crippen LogP contribution in [0.15, 0.2) is 12.4 Å². The minimum absolute atomic E-state index is 0.581. The van der Waals surface area contributed by atoms with Crippen molar-refractivity contribution >= 4 is 9.69 Å². The van der Waals surface area contributed by atoms with Crippen molar-refractivity contribution in [3.05, 3.63) is 18.5 Å². The van der Waals surface area contributed by atoms with Crippen LogP contribution in [0.1, 0.15) is 0 Å². The molecule has 0 aliphatic heterocycles. The van der Waals surface area contributed by atoms with E-state index in [1.54, 1.807) is 20.4 Å². The second-order valence-corrected chi connectivity index (χ2v) is 1.65. The third-order valence-corrected chi connectivity index (χ3v) is 1.11. The zero-order valence-corrected chi connectivity index (χ0v) is 10.7. The fourth-order valence-corrected chi connectivity index (χ4v) is 0.636. The molecular weight excluding hydrogens is 231 g/mol. The van der Waals surface area contributed by atoms with Gasteiger partial charge in [-0.15, -0.1) is 0 Å². The summed E-state index contributed by atoms with van der Waals surface area (Å²) in [6, 6.07) is 2.78. The van der Waals surface area contributed by atoms with Gasteiger partial charge >= 0.3 is 27.0 Å². The van der Waals surface area contributed by atoms with Crippen LogP contribution >= 0.6 is 9.69 Å². The monoisotopic (exact) mass is 237 g/mol. The molecule has 0 unspecified atom stereocenters. The van der Waals surface area contributed by atoms with Crippen LogP contribution < -0.4 is 9.47 Å². The zero-order valence-electron chi connectivity index (χ0n) is 7.00. The maximum absolute atomic E-state index is 4.92. The maximum atomic E-state index is 4.92. The summed E-state index contributed by atoms with van der Waals surface area (Å²) in [4.78, 5) is 3.80. The molecule has 0 saturated heterocycles. The molecule has 0 amide bonds. The Balaban J connectivity index is 0.000000561. The predicted molar refractivity (Wildman–Crippen MR) is 42.0 cm³/mol. The summed E-state index contributed by atoms with van der Waals surface area (Å²) in [6.07, 6.45) is 3.11. The number of halogens is 1. The molecule has 0 saturated carbocycles. The Hall–Kier alpha value is -0.337. The van der Waals surface area contributed by atoms with Crippen molar-refractivity contribution in [2.45, 2.75) is 0 Å². The number of pyridine rings is 1. The topological polar surface area (TPSA) is 31.4 Å². The van der Waals surface area contributed by atoms with Gasteiger partial charge in [-0.2, -0.15) is 6.07 Å². The Labute approximate surface area is 85.8 Å². The van der Waals surface area contributed by atoms with Gasteiger partial charge in [0.1, 0.15) is 0 Å². The summed E-state index contributed by atoms with van der Waals surface area (Å²) in [5.74, 6) is 1.18. The number of hydrogen-bond donors (Lipinski definition) is 0. The SMILES string of the molecule is COc1[c-]cncc1OC.[Cl][Zn+]. The molecule has 0 aliphatic rings. The quantitative estimate of drug-likeness (QED) is 0.580. The van der Waals surface area contributed by atoms with E-state index in [2.05, 4.69) is 11.1 Å². The van der Waals surface area contributed by atoms with E-state index in [9.17, 15) is 0 Å². The van der Waals surface area contributed by atoms with E-state index in [1.807, 2.05) is 0 Å². The summed E-state index contributed by atoms with van der Waals surface area (Å²) in [7, 11) is 7.89. The third-order valence-electron chi connectivity index (χ3n) is 1.11. The van der Waals surface area contributed by atoms with Gasteiger partial charge in [-0.25, -0.2) is 0 Å². The fraction of sp³-hybridized carbons (Fsp3) is 0.286. The predicted octanol–water partition coefficient (Wildman–Crippen LogP) is 1.59. The molecule has 1 heterocycles. The molecule has 0 fully saturated rings. The number of aromatic nitrogens is 1. The Morgan fingerprint density at radius 3 is 2.50 bits per heavy atom. The first-order valence-electron chi connectivity index (χ1n) is 3.09. The molecule has 0 atom stereocenters. The number of hydrogen-bond acceptors (Lipinski definition) is 3. The standard InChI is InChI=1S/C7H8NO2.ClH.Zn/c1-9-6-3-4-8-5-7(6)10-2;;/h4-5H,1-2H3;1H;/q-1;;+2/p-1. The van der Waals surface area contributed by atoms with Gasteiger partial charge in [0.15, 0.2) is 0 Å². The number of ether oxygens (including phenoxy) is 2. The van der Waals surface area contributed by atoms with Gasteiger partial charge in [0.05, 0.1) is 14.2 Å². The van der Waals surface area contributed by atoms with Crippen molar-refractivity contribution < 1.29 is 26.8 Å². The first kappa shape index (κ1) is 11.7. The second-order valence-electron chi connectivity index (χ2n) is 1.65. The summed E-state index contributed by atoms with van der Waals surface area (Å²) in [6.45, 7) is 0.